The van der Waals surface area contributed by atoms with Gasteiger partial charge >= 0.3 is 18.0 Å². The maximum absolute atomic E-state index is 12.7. The number of hydrogen-bond acceptors (Lipinski definition) is 3. The minimum atomic E-state index is -6.10. The Morgan fingerprint density at radius 2 is 1.60 bits per heavy atom. The average Bonchev–Trinajstić information content (AvgIpc) is 2.26. The van der Waals surface area contributed by atoms with Crippen LogP contribution in [-0.4, -0.2) is 26.4 Å². The fourth-order valence-electron chi connectivity index (χ4n) is 1.15. The second kappa shape index (κ2) is 4.98. The van der Waals surface area contributed by atoms with Crippen molar-refractivity contribution in [3.63, 3.8) is 0 Å². The molecule has 11 heteroatoms. The number of nitrogens with two attached hydrogens (primary N) is 1. The van der Waals surface area contributed by atoms with Gasteiger partial charge in [-0.1, -0.05) is 12.1 Å². The average molecular weight is 318 g/mol. The zero-order chi connectivity index (χ0) is 15.8. The van der Waals surface area contributed by atoms with Crippen LogP contribution in [-0.2, 0) is 14.8 Å². The van der Waals surface area contributed by atoms with Gasteiger partial charge in [0.15, 0.2) is 0 Å². The Bertz CT molecular complexity index is 627. The first-order chi connectivity index (χ1) is 8.87. The Labute approximate surface area is 109 Å². The highest BCUT2D eigenvalue weighted by Crippen LogP contribution is 2.36. The highest BCUT2D eigenvalue weighted by molar-refractivity contribution is 7.89. The van der Waals surface area contributed by atoms with Crippen LogP contribution in [0.3, 0.4) is 0 Å². The lowest BCUT2D eigenvalue weighted by molar-refractivity contribution is -0.267. The van der Waals surface area contributed by atoms with E-state index in [1.54, 1.807) is 0 Å². The molecule has 0 unspecified atom stereocenters. The molecule has 20 heavy (non-hydrogen) atoms. The predicted molar refractivity (Wildman–Crippen MR) is 57.4 cm³/mol. The van der Waals surface area contributed by atoms with Crippen molar-refractivity contribution in [3.8, 4) is 0 Å². The molecule has 1 amide bonds. The van der Waals surface area contributed by atoms with Crippen LogP contribution in [0.4, 0.5) is 27.6 Å². The van der Waals surface area contributed by atoms with Crippen LogP contribution >= 0.6 is 0 Å². The summed E-state index contributed by atoms with van der Waals surface area (Å²) in [5.41, 5.74) is -0.774. The number of halogens is 5. The van der Waals surface area contributed by atoms with Gasteiger partial charge in [0.2, 0.25) is 10.0 Å². The van der Waals surface area contributed by atoms with E-state index in [1.807, 2.05) is 0 Å². The SMILES string of the molecule is NS(=O)(=O)c1ccccc1NC(=O)C(F)(F)C(F)(F)F. The van der Waals surface area contributed by atoms with Crippen LogP contribution in [0, 0.1) is 0 Å². The molecule has 0 saturated heterocycles. The van der Waals surface area contributed by atoms with E-state index in [4.69, 9.17) is 5.14 Å². The summed E-state index contributed by atoms with van der Waals surface area (Å²) in [7, 11) is -4.40. The fourth-order valence-corrected chi connectivity index (χ4v) is 1.84. The van der Waals surface area contributed by atoms with Crippen LogP contribution in [0.25, 0.3) is 0 Å². The highest BCUT2D eigenvalue weighted by Gasteiger charge is 2.63. The molecule has 112 valence electrons. The Kier molecular flexibility index (Phi) is 4.06. The molecule has 0 fully saturated rings. The summed E-state index contributed by atoms with van der Waals surface area (Å²) in [6.07, 6.45) is -6.10. The van der Waals surface area contributed by atoms with Gasteiger partial charge in [-0.15, -0.1) is 0 Å². The van der Waals surface area contributed by atoms with E-state index in [1.165, 1.54) is 5.32 Å². The molecule has 0 aromatic heterocycles. The fraction of sp³-hybridized carbons (Fsp3) is 0.222. The van der Waals surface area contributed by atoms with Crippen molar-refractivity contribution < 1.29 is 35.2 Å². The van der Waals surface area contributed by atoms with E-state index in [0.717, 1.165) is 24.3 Å². The van der Waals surface area contributed by atoms with Gasteiger partial charge in [0, 0.05) is 0 Å². The molecule has 1 aromatic carbocycles. The van der Waals surface area contributed by atoms with Crippen molar-refractivity contribution in [1.29, 1.82) is 0 Å². The minimum absolute atomic E-state index is 0.774. The molecule has 0 atom stereocenters. The van der Waals surface area contributed by atoms with Gasteiger partial charge in [-0.3, -0.25) is 4.79 Å². The van der Waals surface area contributed by atoms with E-state index in [9.17, 15) is 35.2 Å². The van der Waals surface area contributed by atoms with Gasteiger partial charge < -0.3 is 5.32 Å². The normalized spacial score (nSPS) is 13.1. The summed E-state index contributed by atoms with van der Waals surface area (Å²) in [4.78, 5) is 10.2. The van der Waals surface area contributed by atoms with Gasteiger partial charge in [-0.25, -0.2) is 13.6 Å². The highest BCUT2D eigenvalue weighted by atomic mass is 32.2. The number of sulfonamides is 1. The number of rotatable bonds is 3. The molecule has 0 aliphatic rings. The van der Waals surface area contributed by atoms with Crippen LogP contribution in [0.15, 0.2) is 29.2 Å². The van der Waals surface area contributed by atoms with Crippen molar-refractivity contribution in [2.75, 3.05) is 5.32 Å². The number of para-hydroxylation sites is 1. The third kappa shape index (κ3) is 3.22. The topological polar surface area (TPSA) is 89.3 Å². The van der Waals surface area contributed by atoms with E-state index in [0.29, 0.717) is 0 Å². The van der Waals surface area contributed by atoms with Crippen molar-refractivity contribution in [3.05, 3.63) is 24.3 Å². The maximum Gasteiger partial charge on any atom is 0.463 e. The predicted octanol–water partition coefficient (Wildman–Crippen LogP) is 1.47. The van der Waals surface area contributed by atoms with Crippen molar-refractivity contribution in [2.45, 2.75) is 17.0 Å². The third-order valence-electron chi connectivity index (χ3n) is 2.08. The number of primary sulfonamides is 1. The number of carbonyl (C=O) groups is 1. The minimum Gasteiger partial charge on any atom is -0.319 e. The van der Waals surface area contributed by atoms with Gasteiger partial charge in [0.05, 0.1) is 5.69 Å². The first kappa shape index (κ1) is 16.3. The summed E-state index contributed by atoms with van der Waals surface area (Å²) in [5, 5.41) is 5.94. The molecule has 0 bridgehead atoms. The second-order valence-electron chi connectivity index (χ2n) is 3.57. The Morgan fingerprint density at radius 1 is 1.10 bits per heavy atom. The standard InChI is InChI=1S/C9H7F5N2O3S/c10-8(11,9(12,13)14)7(17)16-5-3-1-2-4-6(5)20(15,18)19/h1-4H,(H,16,17)(H2,15,18,19). The number of hydrogen-bond donors (Lipinski definition) is 2. The quantitative estimate of drug-likeness (QED) is 0.827. The molecule has 0 spiro atoms. The van der Waals surface area contributed by atoms with E-state index in [-0.39, 0.29) is 0 Å². The lowest BCUT2D eigenvalue weighted by Gasteiger charge is -2.19. The smallest absolute Gasteiger partial charge is 0.319 e. The van der Waals surface area contributed by atoms with Crippen LogP contribution in [0.1, 0.15) is 0 Å². The zero-order valence-electron chi connectivity index (χ0n) is 9.41. The second-order valence-corrected chi connectivity index (χ2v) is 5.10. The summed E-state index contributed by atoms with van der Waals surface area (Å²) in [5.74, 6) is -8.38. The number of benzene rings is 1. The molecule has 1 aromatic rings. The molecule has 0 aliphatic carbocycles. The summed E-state index contributed by atoms with van der Waals surface area (Å²) >= 11 is 0. The Morgan fingerprint density at radius 3 is 2.05 bits per heavy atom. The van der Waals surface area contributed by atoms with Crippen molar-refractivity contribution in [1.82, 2.24) is 0 Å². The maximum atomic E-state index is 12.7. The molecule has 3 N–H and O–H groups in total. The lowest BCUT2D eigenvalue weighted by atomic mass is 10.2. The van der Waals surface area contributed by atoms with Crippen molar-refractivity contribution >= 4 is 21.6 Å². The van der Waals surface area contributed by atoms with Gasteiger partial charge in [-0.2, -0.15) is 22.0 Å². The van der Waals surface area contributed by atoms with Gasteiger partial charge in [0.25, 0.3) is 0 Å². The zero-order valence-corrected chi connectivity index (χ0v) is 10.2. The molecule has 0 radical (unpaired) electrons. The largest absolute Gasteiger partial charge is 0.463 e. The number of amides is 1. The molecular weight excluding hydrogens is 311 g/mol. The number of alkyl halides is 5. The van der Waals surface area contributed by atoms with Crippen LogP contribution in [0.5, 0.6) is 0 Å². The van der Waals surface area contributed by atoms with Crippen LogP contribution < -0.4 is 10.5 Å². The van der Waals surface area contributed by atoms with E-state index in [2.05, 4.69) is 0 Å². The van der Waals surface area contributed by atoms with Crippen LogP contribution in [0.2, 0.25) is 0 Å². The lowest BCUT2D eigenvalue weighted by Crippen LogP contribution is -2.47. The van der Waals surface area contributed by atoms with Gasteiger partial charge in [0.1, 0.15) is 4.90 Å². The first-order valence-corrected chi connectivity index (χ1v) is 6.30. The number of anilines is 1. The summed E-state index contributed by atoms with van der Waals surface area (Å²) in [6.45, 7) is 0. The molecule has 0 aliphatic heterocycles. The molecule has 5 nitrogen and oxygen atoms in total. The van der Waals surface area contributed by atoms with E-state index >= 15 is 0 Å². The van der Waals surface area contributed by atoms with Crippen molar-refractivity contribution in [2.24, 2.45) is 5.14 Å². The van der Waals surface area contributed by atoms with Gasteiger partial charge in [-0.05, 0) is 12.1 Å². The summed E-state index contributed by atoms with van der Waals surface area (Å²) in [6, 6.07) is 3.94. The monoisotopic (exact) mass is 318 g/mol. The first-order valence-electron chi connectivity index (χ1n) is 4.75. The molecular formula is C9H7F5N2O3S. The molecule has 0 saturated carbocycles. The Hall–Kier alpha value is -1.75. The number of nitrogens with one attached hydrogen (secondary N) is 1. The summed E-state index contributed by atoms with van der Waals surface area (Å²) < 4.78 is 83.5. The number of carbonyl (C=O) groups excluding carboxylic acids is 1. The Balaban J connectivity index is 3.17. The third-order valence-corrected chi connectivity index (χ3v) is 3.05. The molecule has 1 rings (SSSR count). The van der Waals surface area contributed by atoms with E-state index < -0.39 is 38.6 Å². The molecule has 0 heterocycles.